The summed E-state index contributed by atoms with van der Waals surface area (Å²) in [6.07, 6.45) is -3.68. The maximum Gasteiger partial charge on any atom is 0.417 e. The van der Waals surface area contributed by atoms with Crippen molar-refractivity contribution in [2.24, 2.45) is 0 Å². The molecule has 100 valence electrons. The molecular weight excluding hydrogens is 260 g/mol. The van der Waals surface area contributed by atoms with Gasteiger partial charge in [-0.2, -0.15) is 13.2 Å². The van der Waals surface area contributed by atoms with Gasteiger partial charge in [0.1, 0.15) is 11.6 Å². The minimum Gasteiger partial charge on any atom is -0.384 e. The number of rotatable bonds is 1. The normalized spacial score (nSPS) is 11.6. The Morgan fingerprint density at radius 1 is 1.11 bits per heavy atom. The van der Waals surface area contributed by atoms with E-state index in [4.69, 9.17) is 5.73 Å². The van der Waals surface area contributed by atoms with Crippen LogP contribution in [0.5, 0.6) is 0 Å². The summed E-state index contributed by atoms with van der Waals surface area (Å²) in [5.41, 5.74) is 4.47. The molecule has 0 spiro atoms. The van der Waals surface area contributed by atoms with E-state index in [1.807, 2.05) is 0 Å². The van der Waals surface area contributed by atoms with Crippen molar-refractivity contribution >= 4 is 5.82 Å². The Morgan fingerprint density at radius 2 is 1.79 bits per heavy atom. The van der Waals surface area contributed by atoms with E-state index < -0.39 is 17.6 Å². The van der Waals surface area contributed by atoms with Gasteiger partial charge in [0.15, 0.2) is 0 Å². The monoisotopic (exact) mass is 270 g/mol. The SMILES string of the molecule is Cc1ccc(F)c(-c2cnc(N)cc2C(F)(F)F)c1. The van der Waals surface area contributed by atoms with Crippen molar-refractivity contribution in [1.29, 1.82) is 0 Å². The van der Waals surface area contributed by atoms with Crippen molar-refractivity contribution in [2.45, 2.75) is 13.1 Å². The lowest BCUT2D eigenvalue weighted by atomic mass is 9.99. The number of anilines is 1. The van der Waals surface area contributed by atoms with Gasteiger partial charge in [-0.25, -0.2) is 9.37 Å². The fourth-order valence-electron chi connectivity index (χ4n) is 1.77. The standard InChI is InChI=1S/C13H10F4N2/c1-7-2-3-11(14)8(4-7)9-6-19-12(18)5-10(9)13(15,16)17/h2-6H,1H3,(H2,18,19). The van der Waals surface area contributed by atoms with E-state index in [0.717, 1.165) is 12.3 Å². The first-order chi connectivity index (χ1) is 8.79. The molecule has 1 heterocycles. The number of pyridine rings is 1. The highest BCUT2D eigenvalue weighted by Crippen LogP contribution is 2.38. The van der Waals surface area contributed by atoms with Gasteiger partial charge in [-0.1, -0.05) is 11.6 Å². The fraction of sp³-hybridized carbons (Fsp3) is 0.154. The first-order valence-electron chi connectivity index (χ1n) is 5.38. The fourth-order valence-corrected chi connectivity index (χ4v) is 1.77. The molecule has 6 heteroatoms. The molecule has 0 fully saturated rings. The summed E-state index contributed by atoms with van der Waals surface area (Å²) >= 11 is 0. The second-order valence-electron chi connectivity index (χ2n) is 4.14. The molecule has 2 nitrogen and oxygen atoms in total. The third-order valence-electron chi connectivity index (χ3n) is 2.64. The van der Waals surface area contributed by atoms with Crippen LogP contribution in [0.15, 0.2) is 30.5 Å². The molecule has 0 atom stereocenters. The Morgan fingerprint density at radius 3 is 2.42 bits per heavy atom. The largest absolute Gasteiger partial charge is 0.417 e. The molecule has 1 aromatic heterocycles. The topological polar surface area (TPSA) is 38.9 Å². The Balaban J connectivity index is 2.72. The van der Waals surface area contributed by atoms with E-state index in [0.29, 0.717) is 11.6 Å². The van der Waals surface area contributed by atoms with Gasteiger partial charge in [-0.05, 0) is 25.1 Å². The van der Waals surface area contributed by atoms with Gasteiger partial charge in [-0.3, -0.25) is 0 Å². The van der Waals surface area contributed by atoms with Gasteiger partial charge in [0.2, 0.25) is 0 Å². The number of hydrogen-bond acceptors (Lipinski definition) is 2. The van der Waals surface area contributed by atoms with Crippen molar-refractivity contribution in [3.05, 3.63) is 47.4 Å². The first-order valence-corrected chi connectivity index (χ1v) is 5.38. The van der Waals surface area contributed by atoms with Crippen molar-refractivity contribution in [3.63, 3.8) is 0 Å². The molecule has 0 saturated carbocycles. The zero-order chi connectivity index (χ0) is 14.2. The highest BCUT2D eigenvalue weighted by molar-refractivity contribution is 5.69. The maximum absolute atomic E-state index is 13.7. The van der Waals surface area contributed by atoms with Crippen LogP contribution < -0.4 is 5.73 Å². The highest BCUT2D eigenvalue weighted by atomic mass is 19.4. The predicted octanol–water partition coefficient (Wildman–Crippen LogP) is 3.80. The third kappa shape index (κ3) is 2.67. The summed E-state index contributed by atoms with van der Waals surface area (Å²) in [7, 11) is 0. The molecule has 0 bridgehead atoms. The van der Waals surface area contributed by atoms with Gasteiger partial charge in [0.05, 0.1) is 5.56 Å². The van der Waals surface area contributed by atoms with Crippen LogP contribution in [0.2, 0.25) is 0 Å². The quantitative estimate of drug-likeness (QED) is 0.800. The number of nitrogens with two attached hydrogens (primary N) is 1. The average Bonchev–Trinajstić information content (AvgIpc) is 2.31. The second kappa shape index (κ2) is 4.53. The molecule has 19 heavy (non-hydrogen) atoms. The van der Waals surface area contributed by atoms with Crippen molar-refractivity contribution in [1.82, 2.24) is 4.98 Å². The Hall–Kier alpha value is -2.11. The van der Waals surface area contributed by atoms with Crippen LogP contribution in [0.25, 0.3) is 11.1 Å². The summed E-state index contributed by atoms with van der Waals surface area (Å²) in [5.74, 6) is -0.994. The molecule has 0 amide bonds. The van der Waals surface area contributed by atoms with Crippen LogP contribution in [0.3, 0.4) is 0 Å². The van der Waals surface area contributed by atoms with Crippen LogP contribution in [0.1, 0.15) is 11.1 Å². The van der Waals surface area contributed by atoms with Crippen LogP contribution in [0, 0.1) is 12.7 Å². The molecule has 2 aromatic rings. The number of alkyl halides is 3. The summed E-state index contributed by atoms with van der Waals surface area (Å²) in [6, 6.07) is 4.66. The lowest BCUT2D eigenvalue weighted by molar-refractivity contribution is -0.137. The second-order valence-corrected chi connectivity index (χ2v) is 4.14. The highest BCUT2D eigenvalue weighted by Gasteiger charge is 2.34. The third-order valence-corrected chi connectivity index (χ3v) is 2.64. The minimum absolute atomic E-state index is 0.139. The van der Waals surface area contributed by atoms with Crippen LogP contribution in [-0.4, -0.2) is 4.98 Å². The van der Waals surface area contributed by atoms with E-state index >= 15 is 0 Å². The Kier molecular flexibility index (Phi) is 3.18. The van der Waals surface area contributed by atoms with Gasteiger partial charge >= 0.3 is 6.18 Å². The number of aromatic nitrogens is 1. The number of nitrogen functional groups attached to an aromatic ring is 1. The van der Waals surface area contributed by atoms with Crippen LogP contribution >= 0.6 is 0 Å². The van der Waals surface area contributed by atoms with Gasteiger partial charge < -0.3 is 5.73 Å². The molecule has 0 radical (unpaired) electrons. The van der Waals surface area contributed by atoms with E-state index in [1.165, 1.54) is 12.1 Å². The number of benzene rings is 1. The number of nitrogens with zero attached hydrogens (tertiary/aromatic N) is 1. The van der Waals surface area contributed by atoms with Crippen LogP contribution in [-0.2, 0) is 6.18 Å². The summed E-state index contributed by atoms with van der Waals surface area (Å²) in [5, 5.41) is 0. The molecule has 0 aliphatic heterocycles. The zero-order valence-electron chi connectivity index (χ0n) is 9.92. The van der Waals surface area contributed by atoms with Crippen molar-refractivity contribution < 1.29 is 17.6 Å². The summed E-state index contributed by atoms with van der Waals surface area (Å²) < 4.78 is 52.5. The smallest absolute Gasteiger partial charge is 0.384 e. The van der Waals surface area contributed by atoms with Gasteiger partial charge in [0, 0.05) is 17.3 Å². The maximum atomic E-state index is 13.7. The van der Waals surface area contributed by atoms with E-state index in [9.17, 15) is 17.6 Å². The Bertz CT molecular complexity index is 621. The molecule has 1 aromatic carbocycles. The van der Waals surface area contributed by atoms with Gasteiger partial charge in [0.25, 0.3) is 0 Å². The molecule has 0 unspecified atom stereocenters. The molecular formula is C13H10F4N2. The lowest BCUT2D eigenvalue weighted by Gasteiger charge is -2.14. The summed E-state index contributed by atoms with van der Waals surface area (Å²) in [4.78, 5) is 3.61. The average molecular weight is 270 g/mol. The van der Waals surface area contributed by atoms with E-state index in [2.05, 4.69) is 4.98 Å². The summed E-state index contributed by atoms with van der Waals surface area (Å²) in [6.45, 7) is 1.67. The van der Waals surface area contributed by atoms with Crippen molar-refractivity contribution in [2.75, 3.05) is 5.73 Å². The van der Waals surface area contributed by atoms with E-state index in [-0.39, 0.29) is 16.9 Å². The molecule has 0 aliphatic rings. The molecule has 2 N–H and O–H groups in total. The van der Waals surface area contributed by atoms with Crippen LogP contribution in [0.4, 0.5) is 23.4 Å². The number of halogens is 4. The molecule has 0 saturated heterocycles. The lowest BCUT2D eigenvalue weighted by Crippen LogP contribution is -2.09. The van der Waals surface area contributed by atoms with E-state index in [1.54, 1.807) is 6.92 Å². The van der Waals surface area contributed by atoms with Gasteiger partial charge in [-0.15, -0.1) is 0 Å². The number of hydrogen-bond donors (Lipinski definition) is 1. The molecule has 2 rings (SSSR count). The molecule has 0 aliphatic carbocycles. The first kappa shape index (κ1) is 13.3. The number of aryl methyl sites for hydroxylation is 1. The Labute approximate surface area is 106 Å². The minimum atomic E-state index is -4.62. The predicted molar refractivity (Wildman–Crippen MR) is 63.8 cm³/mol. The zero-order valence-corrected chi connectivity index (χ0v) is 9.92. The van der Waals surface area contributed by atoms with Crippen molar-refractivity contribution in [3.8, 4) is 11.1 Å².